The summed E-state index contributed by atoms with van der Waals surface area (Å²) in [5, 5.41) is 10.4. The molecule has 2 aromatic carbocycles. The molecule has 5 rings (SSSR count). The van der Waals surface area contributed by atoms with Gasteiger partial charge in [-0.1, -0.05) is 24.3 Å². The van der Waals surface area contributed by atoms with Gasteiger partial charge in [0.05, 0.1) is 22.4 Å². The molecule has 1 aliphatic rings. The molecule has 0 saturated heterocycles. The molecule has 2 N–H and O–H groups in total. The van der Waals surface area contributed by atoms with Gasteiger partial charge in [-0.3, -0.25) is 0 Å². The summed E-state index contributed by atoms with van der Waals surface area (Å²) in [5.41, 5.74) is 7.34. The van der Waals surface area contributed by atoms with Crippen molar-refractivity contribution in [2.24, 2.45) is 5.73 Å². The third-order valence-corrected chi connectivity index (χ3v) is 5.50. The van der Waals surface area contributed by atoms with Gasteiger partial charge in [0.2, 0.25) is 5.88 Å². The third-order valence-electron chi connectivity index (χ3n) is 5.50. The van der Waals surface area contributed by atoms with Gasteiger partial charge in [-0.2, -0.15) is 5.26 Å². The number of nitrogens with zero attached hydrogens (tertiary/aromatic N) is 2. The molecule has 156 valence electrons. The largest absolute Gasteiger partial charge is 0.439 e. The maximum Gasteiger partial charge on any atom is 0.344 e. The van der Waals surface area contributed by atoms with Crippen LogP contribution in [0.25, 0.3) is 11.0 Å². The molecule has 1 atom stereocenters. The number of pyridine rings is 1. The molecule has 0 aliphatic carbocycles. The molecule has 0 bridgehead atoms. The van der Waals surface area contributed by atoms with E-state index in [0.717, 1.165) is 0 Å². The van der Waals surface area contributed by atoms with Crippen LogP contribution in [0.2, 0.25) is 0 Å². The van der Waals surface area contributed by atoms with E-state index < -0.39 is 11.5 Å². The Kier molecular flexibility index (Phi) is 4.68. The van der Waals surface area contributed by atoms with Gasteiger partial charge >= 0.3 is 5.63 Å². The van der Waals surface area contributed by atoms with Crippen molar-refractivity contribution in [3.05, 3.63) is 117 Å². The van der Waals surface area contributed by atoms with E-state index in [0.29, 0.717) is 22.1 Å². The Bertz CT molecular complexity index is 1500. The highest BCUT2D eigenvalue weighted by molar-refractivity contribution is 5.85. The van der Waals surface area contributed by atoms with E-state index >= 15 is 0 Å². The average molecular weight is 426 g/mol. The van der Waals surface area contributed by atoms with E-state index in [1.807, 2.05) is 0 Å². The fraction of sp³-hybridized carbons (Fsp3) is 0.0800. The van der Waals surface area contributed by atoms with Crippen molar-refractivity contribution in [2.75, 3.05) is 0 Å². The number of halogens is 1. The Labute approximate surface area is 182 Å². The lowest BCUT2D eigenvalue weighted by Gasteiger charge is -2.25. The summed E-state index contributed by atoms with van der Waals surface area (Å²) in [4.78, 5) is 13.0. The molecule has 32 heavy (non-hydrogen) atoms. The van der Waals surface area contributed by atoms with Crippen molar-refractivity contribution in [2.45, 2.75) is 12.5 Å². The number of nitrogens with two attached hydrogens (primary N) is 1. The number of rotatable bonds is 3. The number of fused-ring (bicyclic) bond motifs is 3. The minimum Gasteiger partial charge on any atom is -0.439 e. The van der Waals surface area contributed by atoms with E-state index in [9.17, 15) is 14.4 Å². The summed E-state index contributed by atoms with van der Waals surface area (Å²) in [6, 6.07) is 19.1. The van der Waals surface area contributed by atoms with Gasteiger partial charge < -0.3 is 14.9 Å². The molecule has 0 fully saturated rings. The molecule has 0 radical (unpaired) electrons. The van der Waals surface area contributed by atoms with Crippen LogP contribution < -0.4 is 20.7 Å². The second-order valence-electron chi connectivity index (χ2n) is 7.45. The molecular formula is C25H17FN3O3+. The van der Waals surface area contributed by atoms with Gasteiger partial charge in [0.25, 0.3) is 0 Å². The number of benzene rings is 2. The lowest BCUT2D eigenvalue weighted by atomic mass is 9.84. The van der Waals surface area contributed by atoms with Crippen molar-refractivity contribution >= 4 is 11.0 Å². The molecule has 1 unspecified atom stereocenters. The fourth-order valence-corrected chi connectivity index (χ4v) is 4.03. The lowest BCUT2D eigenvalue weighted by molar-refractivity contribution is -0.689. The molecular weight excluding hydrogens is 409 g/mol. The molecule has 7 heteroatoms. The predicted molar refractivity (Wildman–Crippen MR) is 114 cm³/mol. The standard InChI is InChI=1S/C25H17FN3O3/c26-19-9-3-1-6-15(19)13-29-11-5-7-16(14-29)21-18(12-27)24(28)32-23-17-8-2-4-10-20(17)31-25(30)22(21)23/h1-11,14,21H,13,28H2/q+1. The molecule has 0 saturated carbocycles. The fourth-order valence-electron chi connectivity index (χ4n) is 4.03. The van der Waals surface area contributed by atoms with Crippen LogP contribution in [0.3, 0.4) is 0 Å². The minimum atomic E-state index is -0.780. The zero-order chi connectivity index (χ0) is 22.2. The Hall–Kier alpha value is -4.44. The molecule has 2 aromatic heterocycles. The van der Waals surface area contributed by atoms with E-state index in [-0.39, 0.29) is 35.1 Å². The predicted octanol–water partition coefficient (Wildman–Crippen LogP) is 3.49. The van der Waals surface area contributed by atoms with Crippen molar-refractivity contribution < 1.29 is 18.1 Å². The Morgan fingerprint density at radius 1 is 1.09 bits per heavy atom. The second-order valence-corrected chi connectivity index (χ2v) is 7.45. The Morgan fingerprint density at radius 2 is 1.88 bits per heavy atom. The van der Waals surface area contributed by atoms with Crippen LogP contribution in [-0.4, -0.2) is 0 Å². The van der Waals surface area contributed by atoms with Crippen molar-refractivity contribution in [3.63, 3.8) is 0 Å². The van der Waals surface area contributed by atoms with Crippen LogP contribution in [0.5, 0.6) is 5.75 Å². The summed E-state index contributed by atoms with van der Waals surface area (Å²) in [7, 11) is 0. The van der Waals surface area contributed by atoms with E-state index in [1.54, 1.807) is 71.6 Å². The van der Waals surface area contributed by atoms with Crippen LogP contribution in [0.1, 0.15) is 22.6 Å². The Balaban J connectivity index is 1.68. The van der Waals surface area contributed by atoms with Crippen molar-refractivity contribution in [1.29, 1.82) is 5.26 Å². The normalized spacial score (nSPS) is 15.2. The van der Waals surface area contributed by atoms with Crippen LogP contribution >= 0.6 is 0 Å². The highest BCUT2D eigenvalue weighted by atomic mass is 19.1. The number of hydrogen-bond donors (Lipinski definition) is 1. The average Bonchev–Trinajstić information content (AvgIpc) is 2.80. The molecule has 1 aliphatic heterocycles. The SMILES string of the molecule is N#CC1=C(N)Oc2c(c(=O)oc3ccccc23)C1c1ccc[n+](Cc2ccccc2F)c1. The molecule has 0 amide bonds. The zero-order valence-corrected chi connectivity index (χ0v) is 16.8. The number of hydrogen-bond acceptors (Lipinski definition) is 5. The van der Waals surface area contributed by atoms with Crippen LogP contribution in [0.4, 0.5) is 4.39 Å². The third kappa shape index (κ3) is 3.19. The van der Waals surface area contributed by atoms with Crippen molar-refractivity contribution in [3.8, 4) is 11.8 Å². The first-order valence-electron chi connectivity index (χ1n) is 9.92. The summed E-state index contributed by atoms with van der Waals surface area (Å²) in [6.07, 6.45) is 3.56. The maximum absolute atomic E-state index is 14.1. The van der Waals surface area contributed by atoms with E-state index in [4.69, 9.17) is 14.9 Å². The summed E-state index contributed by atoms with van der Waals surface area (Å²) in [5.74, 6) is -0.874. The van der Waals surface area contributed by atoms with Gasteiger partial charge in [-0.05, 0) is 30.3 Å². The number of para-hydroxylation sites is 1. The Morgan fingerprint density at radius 3 is 2.69 bits per heavy atom. The second kappa shape index (κ2) is 7.67. The summed E-state index contributed by atoms with van der Waals surface area (Å²) in [6.45, 7) is 0.282. The quantitative estimate of drug-likeness (QED) is 0.400. The molecule has 6 nitrogen and oxygen atoms in total. The van der Waals surface area contributed by atoms with Crippen LogP contribution in [0.15, 0.2) is 93.7 Å². The first-order valence-corrected chi connectivity index (χ1v) is 9.92. The maximum atomic E-state index is 14.1. The van der Waals surface area contributed by atoms with E-state index in [2.05, 4.69) is 6.07 Å². The van der Waals surface area contributed by atoms with Gasteiger partial charge in [0, 0.05) is 11.6 Å². The number of aromatic nitrogens is 1. The monoisotopic (exact) mass is 426 g/mol. The summed E-state index contributed by atoms with van der Waals surface area (Å²) < 4.78 is 27.2. The van der Waals surface area contributed by atoms with E-state index in [1.165, 1.54) is 6.07 Å². The topological polar surface area (TPSA) is 93.1 Å². The number of nitriles is 1. The first kappa shape index (κ1) is 19.5. The number of ether oxygens (including phenoxy) is 1. The van der Waals surface area contributed by atoms with Gasteiger partial charge in [-0.15, -0.1) is 0 Å². The van der Waals surface area contributed by atoms with Gasteiger partial charge in [0.1, 0.15) is 23.0 Å². The van der Waals surface area contributed by atoms with Crippen molar-refractivity contribution in [1.82, 2.24) is 0 Å². The van der Waals surface area contributed by atoms with Gasteiger partial charge in [-0.25, -0.2) is 13.8 Å². The summed E-state index contributed by atoms with van der Waals surface area (Å²) >= 11 is 0. The number of allylic oxidation sites excluding steroid dienone is 1. The minimum absolute atomic E-state index is 0.0646. The molecule has 3 heterocycles. The highest BCUT2D eigenvalue weighted by Gasteiger charge is 2.36. The highest BCUT2D eigenvalue weighted by Crippen LogP contribution is 2.43. The smallest absolute Gasteiger partial charge is 0.344 e. The lowest BCUT2D eigenvalue weighted by Crippen LogP contribution is -2.35. The van der Waals surface area contributed by atoms with Crippen LogP contribution in [-0.2, 0) is 6.54 Å². The van der Waals surface area contributed by atoms with Crippen LogP contribution in [0, 0.1) is 17.1 Å². The molecule has 4 aromatic rings. The zero-order valence-electron chi connectivity index (χ0n) is 16.8. The first-order chi connectivity index (χ1) is 15.6. The van der Waals surface area contributed by atoms with Gasteiger partial charge in [0.15, 0.2) is 24.7 Å². The molecule has 0 spiro atoms.